The Kier molecular flexibility index (Phi) is 3.16. The highest BCUT2D eigenvalue weighted by molar-refractivity contribution is 6.29. The lowest BCUT2D eigenvalue weighted by Gasteiger charge is -2.35. The van der Waals surface area contributed by atoms with E-state index in [4.69, 9.17) is 21.2 Å². The number of amides is 1. The number of hydrogen-bond acceptors (Lipinski definition) is 4. The molecule has 0 atom stereocenters. The number of β-amino-alcohol motifs (C(OH)–C–C–N with tert-alkyl or cyclic N) is 1. The van der Waals surface area contributed by atoms with Crippen molar-refractivity contribution in [1.82, 2.24) is 10.1 Å². The van der Waals surface area contributed by atoms with E-state index < -0.39 is 0 Å². The first kappa shape index (κ1) is 11.4. The van der Waals surface area contributed by atoms with E-state index in [0.717, 1.165) is 11.3 Å². The quantitative estimate of drug-likeness (QED) is 0.853. The van der Waals surface area contributed by atoms with Crippen molar-refractivity contribution in [2.24, 2.45) is 0 Å². The maximum Gasteiger partial charge on any atom is 0.229 e. The number of halogens is 1. The fourth-order valence-electron chi connectivity index (χ4n) is 1.69. The molecule has 1 aliphatic heterocycles. The first-order valence-corrected chi connectivity index (χ1v) is 5.52. The Labute approximate surface area is 98.0 Å². The van der Waals surface area contributed by atoms with Crippen LogP contribution in [0.3, 0.4) is 0 Å². The molecule has 1 aromatic rings. The number of likely N-dealkylation sites (tertiary alicyclic amines) is 1. The molecule has 0 saturated carbocycles. The molecule has 0 bridgehead atoms. The summed E-state index contributed by atoms with van der Waals surface area (Å²) in [4.78, 5) is 13.2. The van der Waals surface area contributed by atoms with Crippen molar-refractivity contribution in [2.75, 3.05) is 13.1 Å². The molecule has 1 fully saturated rings. The van der Waals surface area contributed by atoms with E-state index in [0.29, 0.717) is 25.9 Å². The minimum atomic E-state index is -0.357. The van der Waals surface area contributed by atoms with Gasteiger partial charge in [-0.15, -0.1) is 0 Å². The van der Waals surface area contributed by atoms with E-state index in [1.165, 1.54) is 0 Å². The summed E-state index contributed by atoms with van der Waals surface area (Å²) in [6.07, 6.45) is 0.540. The van der Waals surface area contributed by atoms with Gasteiger partial charge in [0.25, 0.3) is 0 Å². The van der Waals surface area contributed by atoms with Crippen LogP contribution in [0, 0.1) is 6.92 Å². The standard InChI is InChI=1S/C10H13ClN2O3/c1-6-8(10(11)16-12-6)2-3-9(15)13-4-7(14)5-13/h7,14H,2-5H2,1H3. The van der Waals surface area contributed by atoms with Gasteiger partial charge in [0.05, 0.1) is 11.8 Å². The topological polar surface area (TPSA) is 66.6 Å². The van der Waals surface area contributed by atoms with Gasteiger partial charge in [-0.25, -0.2) is 0 Å². The van der Waals surface area contributed by atoms with E-state index >= 15 is 0 Å². The minimum Gasteiger partial charge on any atom is -0.389 e. The zero-order valence-electron chi connectivity index (χ0n) is 8.94. The van der Waals surface area contributed by atoms with Crippen molar-refractivity contribution in [2.45, 2.75) is 25.9 Å². The molecule has 0 aromatic carbocycles. The lowest BCUT2D eigenvalue weighted by atomic mass is 10.1. The average molecular weight is 245 g/mol. The lowest BCUT2D eigenvalue weighted by molar-refractivity contribution is -0.141. The van der Waals surface area contributed by atoms with Crippen LogP contribution >= 0.6 is 11.6 Å². The van der Waals surface area contributed by atoms with Crippen molar-refractivity contribution in [3.8, 4) is 0 Å². The monoisotopic (exact) mass is 244 g/mol. The number of carbonyl (C=O) groups excluding carboxylic acids is 1. The molecule has 0 unspecified atom stereocenters. The van der Waals surface area contributed by atoms with Gasteiger partial charge < -0.3 is 14.5 Å². The van der Waals surface area contributed by atoms with Crippen LogP contribution in [0.25, 0.3) is 0 Å². The van der Waals surface area contributed by atoms with Crippen molar-refractivity contribution < 1.29 is 14.4 Å². The smallest absolute Gasteiger partial charge is 0.229 e. The van der Waals surface area contributed by atoms with Crippen molar-refractivity contribution in [1.29, 1.82) is 0 Å². The Hall–Kier alpha value is -1.07. The second kappa shape index (κ2) is 4.43. The molecular formula is C10H13ClN2O3. The van der Waals surface area contributed by atoms with Crippen LogP contribution in [0.5, 0.6) is 0 Å². The number of hydrogen-bond donors (Lipinski definition) is 1. The second-order valence-corrected chi connectivity index (χ2v) is 4.32. The molecule has 0 aliphatic carbocycles. The Morgan fingerprint density at radius 1 is 1.69 bits per heavy atom. The van der Waals surface area contributed by atoms with Crippen LogP contribution in [-0.2, 0) is 11.2 Å². The maximum absolute atomic E-state index is 11.6. The third kappa shape index (κ3) is 2.20. The van der Waals surface area contributed by atoms with E-state index in [1.807, 2.05) is 0 Å². The fourth-order valence-corrected chi connectivity index (χ4v) is 1.95. The summed E-state index contributed by atoms with van der Waals surface area (Å²) >= 11 is 5.79. The molecule has 6 heteroatoms. The van der Waals surface area contributed by atoms with Crippen LogP contribution in [0.1, 0.15) is 17.7 Å². The molecular weight excluding hydrogens is 232 g/mol. The molecule has 1 aromatic heterocycles. The number of carbonyl (C=O) groups is 1. The van der Waals surface area contributed by atoms with Gasteiger partial charge >= 0.3 is 0 Å². The van der Waals surface area contributed by atoms with Crippen molar-refractivity contribution in [3.63, 3.8) is 0 Å². The highest BCUT2D eigenvalue weighted by Crippen LogP contribution is 2.21. The Balaban J connectivity index is 1.86. The fraction of sp³-hybridized carbons (Fsp3) is 0.600. The molecule has 1 amide bonds. The van der Waals surface area contributed by atoms with Gasteiger partial charge in [0.1, 0.15) is 0 Å². The Morgan fingerprint density at radius 3 is 2.88 bits per heavy atom. The number of rotatable bonds is 3. The highest BCUT2D eigenvalue weighted by atomic mass is 35.5. The van der Waals surface area contributed by atoms with Crippen LogP contribution in [0.2, 0.25) is 5.22 Å². The number of aliphatic hydroxyl groups is 1. The molecule has 2 heterocycles. The lowest BCUT2D eigenvalue weighted by Crippen LogP contribution is -2.53. The van der Waals surface area contributed by atoms with Gasteiger partial charge in [0.2, 0.25) is 11.1 Å². The predicted molar refractivity (Wildman–Crippen MR) is 57.2 cm³/mol. The van der Waals surface area contributed by atoms with Crippen LogP contribution in [0.4, 0.5) is 0 Å². The van der Waals surface area contributed by atoms with Gasteiger partial charge in [-0.05, 0) is 24.9 Å². The minimum absolute atomic E-state index is 0.0296. The molecule has 0 spiro atoms. The van der Waals surface area contributed by atoms with Gasteiger partial charge in [0, 0.05) is 25.1 Å². The first-order chi connectivity index (χ1) is 7.58. The SMILES string of the molecule is Cc1noc(Cl)c1CCC(=O)N1CC(O)C1. The number of aromatic nitrogens is 1. The van der Waals surface area contributed by atoms with Gasteiger partial charge in [-0.3, -0.25) is 4.79 Å². The molecule has 5 nitrogen and oxygen atoms in total. The summed E-state index contributed by atoms with van der Waals surface area (Å²) in [5, 5.41) is 13.0. The molecule has 1 aliphatic rings. The molecule has 2 rings (SSSR count). The summed E-state index contributed by atoms with van der Waals surface area (Å²) in [5.74, 6) is 0.0296. The Bertz CT molecular complexity index is 379. The molecule has 88 valence electrons. The largest absolute Gasteiger partial charge is 0.389 e. The third-order valence-corrected chi connectivity index (χ3v) is 3.04. The molecule has 16 heavy (non-hydrogen) atoms. The number of aryl methyl sites for hydroxylation is 1. The summed E-state index contributed by atoms with van der Waals surface area (Å²) < 4.78 is 4.80. The van der Waals surface area contributed by atoms with Crippen LogP contribution < -0.4 is 0 Å². The third-order valence-electron chi connectivity index (χ3n) is 2.74. The normalized spacial score (nSPS) is 16.3. The van der Waals surface area contributed by atoms with Crippen molar-refractivity contribution in [3.05, 3.63) is 16.5 Å². The van der Waals surface area contributed by atoms with Crippen LogP contribution in [-0.4, -0.2) is 40.3 Å². The van der Waals surface area contributed by atoms with Gasteiger partial charge in [-0.2, -0.15) is 0 Å². The molecule has 0 radical (unpaired) electrons. The summed E-state index contributed by atoms with van der Waals surface area (Å²) in [5.41, 5.74) is 1.51. The van der Waals surface area contributed by atoms with Crippen LogP contribution in [0.15, 0.2) is 4.52 Å². The first-order valence-electron chi connectivity index (χ1n) is 5.14. The van der Waals surface area contributed by atoms with E-state index in [2.05, 4.69) is 5.16 Å². The number of aliphatic hydroxyl groups excluding tert-OH is 1. The van der Waals surface area contributed by atoms with E-state index in [9.17, 15) is 4.79 Å². The zero-order chi connectivity index (χ0) is 11.7. The average Bonchev–Trinajstić information content (AvgIpc) is 2.51. The highest BCUT2D eigenvalue weighted by Gasteiger charge is 2.28. The summed E-state index contributed by atoms with van der Waals surface area (Å²) in [6, 6.07) is 0. The number of nitrogens with zero attached hydrogens (tertiary/aromatic N) is 2. The predicted octanol–water partition coefficient (Wildman–Crippen LogP) is 0.772. The second-order valence-electron chi connectivity index (χ2n) is 3.97. The zero-order valence-corrected chi connectivity index (χ0v) is 9.70. The summed E-state index contributed by atoms with van der Waals surface area (Å²) in [7, 11) is 0. The Morgan fingerprint density at radius 2 is 2.38 bits per heavy atom. The molecule has 1 N–H and O–H groups in total. The van der Waals surface area contributed by atoms with Gasteiger partial charge in [0.15, 0.2) is 0 Å². The van der Waals surface area contributed by atoms with E-state index in [-0.39, 0.29) is 17.2 Å². The maximum atomic E-state index is 11.6. The molecule has 1 saturated heterocycles. The van der Waals surface area contributed by atoms with E-state index in [1.54, 1.807) is 11.8 Å². The van der Waals surface area contributed by atoms with Crippen molar-refractivity contribution >= 4 is 17.5 Å². The van der Waals surface area contributed by atoms with Gasteiger partial charge in [-0.1, -0.05) is 5.16 Å². The summed E-state index contributed by atoms with van der Waals surface area (Å²) in [6.45, 7) is 2.67.